The van der Waals surface area contributed by atoms with Gasteiger partial charge < -0.3 is 25.2 Å². The summed E-state index contributed by atoms with van der Waals surface area (Å²) in [4.78, 5) is 14.4. The molecule has 0 radical (unpaired) electrons. The number of hydrogen-bond acceptors (Lipinski definition) is 6. The van der Waals surface area contributed by atoms with Crippen LogP contribution in [0.15, 0.2) is 6.07 Å². The molecule has 1 aromatic rings. The van der Waals surface area contributed by atoms with Gasteiger partial charge in [-0.05, 0) is 56.2 Å². The maximum atomic E-state index is 5.66. The lowest BCUT2D eigenvalue weighted by atomic mass is 9.92. The molecule has 3 saturated heterocycles. The fourth-order valence-corrected chi connectivity index (χ4v) is 4.93. The summed E-state index contributed by atoms with van der Waals surface area (Å²) in [6, 6.07) is 2.16. The molecule has 0 spiro atoms. The summed E-state index contributed by atoms with van der Waals surface area (Å²) >= 11 is 5.50. The van der Waals surface area contributed by atoms with Crippen molar-refractivity contribution in [2.75, 3.05) is 54.4 Å². The van der Waals surface area contributed by atoms with E-state index in [1.807, 2.05) is 0 Å². The zero-order chi connectivity index (χ0) is 20.2. The average molecular weight is 419 g/mol. The van der Waals surface area contributed by atoms with Crippen molar-refractivity contribution < 1.29 is 4.74 Å². The molecule has 4 heterocycles. The zero-order valence-corrected chi connectivity index (χ0v) is 18.5. The Hall–Kier alpha value is -1.67. The number of rotatable bonds is 5. The Labute approximate surface area is 179 Å². The van der Waals surface area contributed by atoms with Crippen molar-refractivity contribution in [2.24, 2.45) is 11.8 Å². The van der Waals surface area contributed by atoms with Gasteiger partial charge in [0.1, 0.15) is 11.6 Å². The Morgan fingerprint density at radius 1 is 1.10 bits per heavy atom. The molecular formula is C21H34N6OS. The van der Waals surface area contributed by atoms with Gasteiger partial charge in [0.15, 0.2) is 5.11 Å². The van der Waals surface area contributed by atoms with Crippen LogP contribution in [0.1, 0.15) is 46.0 Å². The predicted molar refractivity (Wildman–Crippen MR) is 122 cm³/mol. The Morgan fingerprint density at radius 3 is 2.45 bits per heavy atom. The molecule has 0 saturated carbocycles. The SMILES string of the molecule is CC1CC(C)CN(c2cc(N3CCCC3)nc(NC(=S)NCC3CCCO3)n2)C1. The minimum atomic E-state index is 0.249. The topological polar surface area (TPSA) is 65.5 Å². The first-order valence-electron chi connectivity index (χ1n) is 11.1. The standard InChI is InChI=1S/C21H34N6OS/c1-15-10-16(2)14-27(13-15)19-11-18(26-7-3-4-8-26)23-20(24-19)25-21(29)22-12-17-6-5-9-28-17/h11,15-17H,3-10,12-14H2,1-2H3,(H2,22,23,24,25,29). The molecule has 8 heteroatoms. The van der Waals surface area contributed by atoms with E-state index in [2.05, 4.69) is 40.3 Å². The average Bonchev–Trinajstić information content (AvgIpc) is 3.39. The van der Waals surface area contributed by atoms with Crippen molar-refractivity contribution in [3.05, 3.63) is 6.07 Å². The number of piperidine rings is 1. The van der Waals surface area contributed by atoms with Gasteiger partial charge in [0.25, 0.3) is 0 Å². The summed E-state index contributed by atoms with van der Waals surface area (Å²) in [5.74, 6) is 3.94. The lowest BCUT2D eigenvalue weighted by Gasteiger charge is -2.36. The number of nitrogens with zero attached hydrogens (tertiary/aromatic N) is 4. The molecule has 3 aliphatic rings. The van der Waals surface area contributed by atoms with Gasteiger partial charge in [0.05, 0.1) is 6.10 Å². The van der Waals surface area contributed by atoms with Gasteiger partial charge >= 0.3 is 0 Å². The first-order chi connectivity index (χ1) is 14.1. The fraction of sp³-hybridized carbons (Fsp3) is 0.762. The first kappa shape index (κ1) is 20.6. The highest BCUT2D eigenvalue weighted by atomic mass is 32.1. The molecule has 0 bridgehead atoms. The van der Waals surface area contributed by atoms with E-state index in [4.69, 9.17) is 26.9 Å². The van der Waals surface area contributed by atoms with Crippen LogP contribution in [-0.2, 0) is 4.74 Å². The molecule has 0 aliphatic carbocycles. The van der Waals surface area contributed by atoms with Crippen LogP contribution in [0.25, 0.3) is 0 Å². The van der Waals surface area contributed by atoms with Gasteiger partial charge in [-0.1, -0.05) is 13.8 Å². The van der Waals surface area contributed by atoms with Crippen LogP contribution in [-0.4, -0.2) is 60.5 Å². The maximum absolute atomic E-state index is 5.66. The number of anilines is 3. The summed E-state index contributed by atoms with van der Waals surface area (Å²) in [5, 5.41) is 7.04. The summed E-state index contributed by atoms with van der Waals surface area (Å²) in [5.41, 5.74) is 0. The van der Waals surface area contributed by atoms with Gasteiger partial charge in [0, 0.05) is 45.4 Å². The molecule has 0 aromatic carbocycles. The number of ether oxygens (including phenoxy) is 1. The lowest BCUT2D eigenvalue weighted by Crippen LogP contribution is -2.40. The van der Waals surface area contributed by atoms with Gasteiger partial charge in [-0.25, -0.2) is 0 Å². The Kier molecular flexibility index (Phi) is 6.70. The third-order valence-electron chi connectivity index (χ3n) is 6.06. The van der Waals surface area contributed by atoms with Crippen molar-refractivity contribution in [3.63, 3.8) is 0 Å². The van der Waals surface area contributed by atoms with Crippen LogP contribution in [0.5, 0.6) is 0 Å². The Balaban J connectivity index is 1.48. The van der Waals surface area contributed by atoms with E-state index in [0.29, 0.717) is 22.9 Å². The van der Waals surface area contributed by atoms with Crippen molar-refractivity contribution in [1.29, 1.82) is 0 Å². The fourth-order valence-electron chi connectivity index (χ4n) is 4.76. The van der Waals surface area contributed by atoms with Gasteiger partial charge in [0.2, 0.25) is 5.95 Å². The van der Waals surface area contributed by atoms with Crippen LogP contribution < -0.4 is 20.4 Å². The highest BCUT2D eigenvalue weighted by molar-refractivity contribution is 7.80. The van der Waals surface area contributed by atoms with Gasteiger partial charge in [-0.3, -0.25) is 0 Å². The number of nitrogens with one attached hydrogen (secondary N) is 2. The monoisotopic (exact) mass is 418 g/mol. The van der Waals surface area contributed by atoms with E-state index in [0.717, 1.165) is 63.8 Å². The highest BCUT2D eigenvalue weighted by Gasteiger charge is 2.25. The number of thiocarbonyl (C=S) groups is 1. The van der Waals surface area contributed by atoms with Crippen molar-refractivity contribution in [3.8, 4) is 0 Å². The quantitative estimate of drug-likeness (QED) is 0.708. The molecule has 3 atom stereocenters. The number of hydrogen-bond donors (Lipinski definition) is 2. The summed E-state index contributed by atoms with van der Waals surface area (Å²) in [6.07, 6.45) is 6.19. The minimum absolute atomic E-state index is 0.249. The van der Waals surface area contributed by atoms with E-state index in [1.54, 1.807) is 0 Å². The third kappa shape index (κ3) is 5.48. The molecular weight excluding hydrogens is 384 g/mol. The molecule has 3 unspecified atom stereocenters. The lowest BCUT2D eigenvalue weighted by molar-refractivity contribution is 0.114. The second-order valence-corrected chi connectivity index (χ2v) is 9.33. The number of aromatic nitrogens is 2. The zero-order valence-electron chi connectivity index (χ0n) is 17.7. The van der Waals surface area contributed by atoms with Gasteiger partial charge in [-0.2, -0.15) is 9.97 Å². The van der Waals surface area contributed by atoms with E-state index in [9.17, 15) is 0 Å². The Bertz CT molecular complexity index is 694. The van der Waals surface area contributed by atoms with Crippen LogP contribution in [0, 0.1) is 11.8 Å². The molecule has 4 rings (SSSR count). The maximum Gasteiger partial charge on any atom is 0.232 e. The van der Waals surface area contributed by atoms with Crippen LogP contribution >= 0.6 is 12.2 Å². The molecule has 29 heavy (non-hydrogen) atoms. The second kappa shape index (κ2) is 9.43. The molecule has 1 aromatic heterocycles. The van der Waals surface area contributed by atoms with Crippen LogP contribution in [0.3, 0.4) is 0 Å². The summed E-state index contributed by atoms with van der Waals surface area (Å²) in [6.45, 7) is 10.4. The molecule has 7 nitrogen and oxygen atoms in total. The molecule has 3 aliphatic heterocycles. The smallest absolute Gasteiger partial charge is 0.232 e. The van der Waals surface area contributed by atoms with Crippen LogP contribution in [0.2, 0.25) is 0 Å². The Morgan fingerprint density at radius 2 is 1.79 bits per heavy atom. The summed E-state index contributed by atoms with van der Waals surface area (Å²) < 4.78 is 5.66. The van der Waals surface area contributed by atoms with Crippen LogP contribution in [0.4, 0.5) is 17.6 Å². The van der Waals surface area contributed by atoms with E-state index in [1.165, 1.54) is 19.3 Å². The third-order valence-corrected chi connectivity index (χ3v) is 6.31. The largest absolute Gasteiger partial charge is 0.376 e. The molecule has 2 N–H and O–H groups in total. The minimum Gasteiger partial charge on any atom is -0.376 e. The predicted octanol–water partition coefficient (Wildman–Crippen LogP) is 3.02. The van der Waals surface area contributed by atoms with E-state index in [-0.39, 0.29) is 6.10 Å². The van der Waals surface area contributed by atoms with E-state index >= 15 is 0 Å². The first-order valence-corrected chi connectivity index (χ1v) is 11.5. The van der Waals surface area contributed by atoms with Crippen molar-refractivity contribution in [2.45, 2.75) is 52.1 Å². The normalized spacial score (nSPS) is 27.3. The highest BCUT2D eigenvalue weighted by Crippen LogP contribution is 2.29. The van der Waals surface area contributed by atoms with Crippen molar-refractivity contribution >= 4 is 34.9 Å². The molecule has 0 amide bonds. The second-order valence-electron chi connectivity index (χ2n) is 8.92. The summed E-state index contributed by atoms with van der Waals surface area (Å²) in [7, 11) is 0. The van der Waals surface area contributed by atoms with Gasteiger partial charge in [-0.15, -0.1) is 0 Å². The van der Waals surface area contributed by atoms with E-state index < -0.39 is 0 Å². The molecule has 3 fully saturated rings. The molecule has 160 valence electrons. The van der Waals surface area contributed by atoms with Crippen molar-refractivity contribution in [1.82, 2.24) is 15.3 Å².